The third-order valence-corrected chi connectivity index (χ3v) is 3.47. The lowest BCUT2D eigenvalue weighted by molar-refractivity contribution is 0.725. The van der Waals surface area contributed by atoms with Crippen molar-refractivity contribution < 1.29 is 0 Å². The lowest BCUT2D eigenvalue weighted by Crippen LogP contribution is -1.86. The molecule has 0 N–H and O–H groups in total. The second-order valence-electron chi connectivity index (χ2n) is 4.18. The molecule has 0 radical (unpaired) electrons. The highest BCUT2D eigenvalue weighted by Crippen LogP contribution is 2.17. The van der Waals surface area contributed by atoms with E-state index in [0.717, 1.165) is 5.33 Å². The first-order valence-corrected chi connectivity index (χ1v) is 7.06. The van der Waals surface area contributed by atoms with Crippen LogP contribution < -0.4 is 0 Å². The van der Waals surface area contributed by atoms with Gasteiger partial charge in [-0.3, -0.25) is 0 Å². The molecule has 2 aromatic rings. The largest absolute Gasteiger partial charge is 0.0928 e. The molecule has 2 aromatic carbocycles. The van der Waals surface area contributed by atoms with E-state index < -0.39 is 0 Å². The number of alkyl halides is 1. The SMILES string of the molecule is BrCCCCCc1ccc2ccccc2c1. The molecule has 2 rings (SSSR count). The number of benzene rings is 2. The lowest BCUT2D eigenvalue weighted by atomic mass is 10.0. The van der Waals surface area contributed by atoms with Crippen molar-refractivity contribution in [3.8, 4) is 0 Å². The monoisotopic (exact) mass is 276 g/mol. The molecule has 0 heterocycles. The summed E-state index contributed by atoms with van der Waals surface area (Å²) in [6, 6.07) is 15.4. The fourth-order valence-electron chi connectivity index (χ4n) is 1.99. The van der Waals surface area contributed by atoms with Gasteiger partial charge in [0.05, 0.1) is 0 Å². The van der Waals surface area contributed by atoms with Crippen molar-refractivity contribution in [2.75, 3.05) is 5.33 Å². The van der Waals surface area contributed by atoms with Gasteiger partial charge in [-0.25, -0.2) is 0 Å². The molecule has 0 aliphatic heterocycles. The van der Waals surface area contributed by atoms with Crippen molar-refractivity contribution in [2.24, 2.45) is 0 Å². The van der Waals surface area contributed by atoms with Crippen LogP contribution >= 0.6 is 15.9 Å². The summed E-state index contributed by atoms with van der Waals surface area (Å²) in [5, 5.41) is 3.83. The zero-order valence-corrected chi connectivity index (χ0v) is 11.0. The van der Waals surface area contributed by atoms with Crippen LogP contribution in [0.3, 0.4) is 0 Å². The molecule has 0 aromatic heterocycles. The van der Waals surface area contributed by atoms with E-state index in [0.29, 0.717) is 0 Å². The Bertz CT molecular complexity index is 448. The average molecular weight is 277 g/mol. The Kier molecular flexibility index (Phi) is 4.41. The highest BCUT2D eigenvalue weighted by atomic mass is 79.9. The minimum absolute atomic E-state index is 1.13. The normalized spacial score (nSPS) is 10.8. The van der Waals surface area contributed by atoms with Gasteiger partial charge in [-0.2, -0.15) is 0 Å². The summed E-state index contributed by atoms with van der Waals surface area (Å²) in [6.07, 6.45) is 5.10. The first-order valence-electron chi connectivity index (χ1n) is 5.94. The predicted octanol–water partition coefficient (Wildman–Crippen LogP) is 4.95. The van der Waals surface area contributed by atoms with Gasteiger partial charge in [0, 0.05) is 5.33 Å². The first kappa shape index (κ1) is 11.7. The van der Waals surface area contributed by atoms with Gasteiger partial charge < -0.3 is 0 Å². The number of unbranched alkanes of at least 4 members (excludes halogenated alkanes) is 2. The molecule has 0 saturated carbocycles. The maximum Gasteiger partial charge on any atom is 0.00313 e. The van der Waals surface area contributed by atoms with Gasteiger partial charge in [0.25, 0.3) is 0 Å². The Morgan fingerprint density at radius 1 is 0.812 bits per heavy atom. The summed E-state index contributed by atoms with van der Waals surface area (Å²) >= 11 is 3.47. The average Bonchev–Trinajstić information content (AvgIpc) is 2.34. The maximum absolute atomic E-state index is 3.47. The van der Waals surface area contributed by atoms with Crippen LogP contribution in [0.5, 0.6) is 0 Å². The summed E-state index contributed by atoms with van der Waals surface area (Å²) in [5.74, 6) is 0. The van der Waals surface area contributed by atoms with Crippen LogP contribution in [0.1, 0.15) is 24.8 Å². The number of fused-ring (bicyclic) bond motifs is 1. The number of aryl methyl sites for hydroxylation is 1. The molecule has 0 atom stereocenters. The molecule has 84 valence electrons. The highest BCUT2D eigenvalue weighted by molar-refractivity contribution is 9.09. The molecule has 0 saturated heterocycles. The van der Waals surface area contributed by atoms with Crippen LogP contribution in [0.25, 0.3) is 10.8 Å². The van der Waals surface area contributed by atoms with E-state index in [1.807, 2.05) is 0 Å². The molecule has 0 amide bonds. The minimum Gasteiger partial charge on any atom is -0.0928 e. The second-order valence-corrected chi connectivity index (χ2v) is 4.97. The van der Waals surface area contributed by atoms with Crippen LogP contribution in [-0.2, 0) is 6.42 Å². The van der Waals surface area contributed by atoms with Gasteiger partial charge in [0.15, 0.2) is 0 Å². The van der Waals surface area contributed by atoms with Crippen LogP contribution in [0, 0.1) is 0 Å². The van der Waals surface area contributed by atoms with Crippen molar-refractivity contribution in [3.63, 3.8) is 0 Å². The van der Waals surface area contributed by atoms with Gasteiger partial charge in [-0.1, -0.05) is 64.8 Å². The summed E-state index contributed by atoms with van der Waals surface area (Å²) in [5.41, 5.74) is 1.47. The summed E-state index contributed by atoms with van der Waals surface area (Å²) < 4.78 is 0. The van der Waals surface area contributed by atoms with Crippen molar-refractivity contribution in [1.82, 2.24) is 0 Å². The molecule has 16 heavy (non-hydrogen) atoms. The Labute approximate surface area is 106 Å². The van der Waals surface area contributed by atoms with E-state index in [9.17, 15) is 0 Å². The minimum atomic E-state index is 1.13. The fraction of sp³-hybridized carbons (Fsp3) is 0.333. The zero-order valence-electron chi connectivity index (χ0n) is 9.45. The van der Waals surface area contributed by atoms with E-state index in [2.05, 4.69) is 58.4 Å². The van der Waals surface area contributed by atoms with Crippen molar-refractivity contribution >= 4 is 26.7 Å². The fourth-order valence-corrected chi connectivity index (χ4v) is 2.39. The Balaban J connectivity index is 2.02. The van der Waals surface area contributed by atoms with Crippen molar-refractivity contribution in [1.29, 1.82) is 0 Å². The van der Waals surface area contributed by atoms with Gasteiger partial charge in [0.2, 0.25) is 0 Å². The topological polar surface area (TPSA) is 0 Å². The quantitative estimate of drug-likeness (QED) is 0.536. The first-order chi connectivity index (χ1) is 7.90. The van der Waals surface area contributed by atoms with Gasteiger partial charge in [-0.05, 0) is 35.6 Å². The molecule has 0 spiro atoms. The highest BCUT2D eigenvalue weighted by Gasteiger charge is 1.96. The molecule has 0 aliphatic rings. The van der Waals surface area contributed by atoms with E-state index >= 15 is 0 Å². The molecule has 0 aliphatic carbocycles. The molecule has 0 fully saturated rings. The van der Waals surface area contributed by atoms with Crippen LogP contribution in [0.2, 0.25) is 0 Å². The van der Waals surface area contributed by atoms with Gasteiger partial charge in [0.1, 0.15) is 0 Å². The van der Waals surface area contributed by atoms with E-state index in [4.69, 9.17) is 0 Å². The van der Waals surface area contributed by atoms with Gasteiger partial charge >= 0.3 is 0 Å². The molecule has 1 heteroatoms. The van der Waals surface area contributed by atoms with E-state index in [1.165, 1.54) is 42.0 Å². The molecular weight excluding hydrogens is 260 g/mol. The Morgan fingerprint density at radius 3 is 2.44 bits per heavy atom. The lowest BCUT2D eigenvalue weighted by Gasteiger charge is -2.03. The third-order valence-electron chi connectivity index (χ3n) is 2.91. The Morgan fingerprint density at radius 2 is 1.62 bits per heavy atom. The third kappa shape index (κ3) is 3.08. The maximum atomic E-state index is 3.47. The summed E-state index contributed by atoms with van der Waals surface area (Å²) in [7, 11) is 0. The smallest absolute Gasteiger partial charge is 0.00313 e. The van der Waals surface area contributed by atoms with E-state index in [1.54, 1.807) is 0 Å². The molecule has 0 bridgehead atoms. The summed E-state index contributed by atoms with van der Waals surface area (Å²) in [6.45, 7) is 0. The predicted molar refractivity (Wildman–Crippen MR) is 75.3 cm³/mol. The molecular formula is C15H17Br. The number of rotatable bonds is 5. The second kappa shape index (κ2) is 6.05. The summed E-state index contributed by atoms with van der Waals surface area (Å²) in [4.78, 5) is 0. The molecule has 0 nitrogen and oxygen atoms in total. The van der Waals surface area contributed by atoms with Crippen LogP contribution in [0.4, 0.5) is 0 Å². The number of hydrogen-bond donors (Lipinski definition) is 0. The van der Waals surface area contributed by atoms with Crippen LogP contribution in [0.15, 0.2) is 42.5 Å². The van der Waals surface area contributed by atoms with Crippen molar-refractivity contribution in [3.05, 3.63) is 48.0 Å². The standard InChI is InChI=1S/C15H17Br/c16-11-5-1-2-6-13-9-10-14-7-3-4-8-15(14)12-13/h3-4,7-10,12H,1-2,5-6,11H2. The Hall–Kier alpha value is -0.820. The van der Waals surface area contributed by atoms with Gasteiger partial charge in [-0.15, -0.1) is 0 Å². The number of halogens is 1. The van der Waals surface area contributed by atoms with E-state index in [-0.39, 0.29) is 0 Å². The number of hydrogen-bond acceptors (Lipinski definition) is 0. The zero-order chi connectivity index (χ0) is 11.2. The van der Waals surface area contributed by atoms with Crippen LogP contribution in [-0.4, -0.2) is 5.33 Å². The van der Waals surface area contributed by atoms with Crippen molar-refractivity contribution in [2.45, 2.75) is 25.7 Å². The molecule has 0 unspecified atom stereocenters.